The Kier molecular flexibility index (Phi) is 3.92. The lowest BCUT2D eigenvalue weighted by Gasteiger charge is -2.06. The first-order valence-electron chi connectivity index (χ1n) is 5.68. The summed E-state index contributed by atoms with van der Waals surface area (Å²) in [5.41, 5.74) is 1.75. The van der Waals surface area contributed by atoms with Crippen LogP contribution in [0.3, 0.4) is 0 Å². The molecule has 1 amide bonds. The molecule has 2 N–H and O–H groups in total. The number of anilines is 2. The molecular weight excluding hydrogens is 244 g/mol. The van der Waals surface area contributed by atoms with Crippen molar-refractivity contribution in [3.05, 3.63) is 42.4 Å². The molecule has 6 nitrogen and oxygen atoms in total. The van der Waals surface area contributed by atoms with E-state index in [-0.39, 0.29) is 5.91 Å². The number of rotatable bonds is 4. The molecule has 19 heavy (non-hydrogen) atoms. The van der Waals surface area contributed by atoms with Gasteiger partial charge in [-0.15, -0.1) is 0 Å². The molecule has 2 aromatic heterocycles. The van der Waals surface area contributed by atoms with Crippen LogP contribution in [0.2, 0.25) is 0 Å². The second kappa shape index (κ2) is 5.81. The van der Waals surface area contributed by atoms with Gasteiger partial charge in [-0.2, -0.15) is 0 Å². The molecule has 6 heteroatoms. The number of carbonyl (C=O) groups excluding carboxylic acids is 1. The number of nitrogens with one attached hydrogen (secondary N) is 2. The van der Waals surface area contributed by atoms with E-state index < -0.39 is 0 Å². The van der Waals surface area contributed by atoms with E-state index in [0.29, 0.717) is 17.3 Å². The lowest BCUT2D eigenvalue weighted by atomic mass is 10.3. The molecule has 2 rings (SSSR count). The molecule has 0 bridgehead atoms. The number of methoxy groups -OCH3 is 1. The van der Waals surface area contributed by atoms with E-state index in [1.165, 1.54) is 13.3 Å². The minimum Gasteiger partial charge on any atom is -0.481 e. The summed E-state index contributed by atoms with van der Waals surface area (Å²) in [6, 6.07) is 6.84. The fraction of sp³-hybridized carbons (Fsp3) is 0.154. The predicted molar refractivity (Wildman–Crippen MR) is 72.5 cm³/mol. The average Bonchev–Trinajstić information content (AvgIpc) is 2.48. The molecule has 0 aliphatic rings. The second-order valence-electron chi connectivity index (χ2n) is 3.72. The van der Waals surface area contributed by atoms with Crippen molar-refractivity contribution in [2.24, 2.45) is 0 Å². The summed E-state index contributed by atoms with van der Waals surface area (Å²) in [4.78, 5) is 20.0. The molecule has 0 atom stereocenters. The maximum Gasteiger partial charge on any atom is 0.274 e. The summed E-state index contributed by atoms with van der Waals surface area (Å²) in [5, 5.41) is 5.67. The van der Waals surface area contributed by atoms with Crippen molar-refractivity contribution in [1.82, 2.24) is 9.97 Å². The highest BCUT2D eigenvalue weighted by Crippen LogP contribution is 2.13. The van der Waals surface area contributed by atoms with Crippen LogP contribution in [0.15, 0.2) is 36.7 Å². The Hall–Kier alpha value is -2.63. The van der Waals surface area contributed by atoms with Crippen molar-refractivity contribution >= 4 is 17.3 Å². The summed E-state index contributed by atoms with van der Waals surface area (Å²) in [6.07, 6.45) is 3.10. The Labute approximate surface area is 110 Å². The van der Waals surface area contributed by atoms with Crippen molar-refractivity contribution in [2.75, 3.05) is 24.8 Å². The van der Waals surface area contributed by atoms with Gasteiger partial charge in [-0.1, -0.05) is 0 Å². The third-order valence-corrected chi connectivity index (χ3v) is 2.48. The fourth-order valence-electron chi connectivity index (χ4n) is 1.48. The third kappa shape index (κ3) is 3.19. The minimum atomic E-state index is -0.288. The van der Waals surface area contributed by atoms with E-state index in [9.17, 15) is 4.79 Å². The third-order valence-electron chi connectivity index (χ3n) is 2.48. The SMILES string of the molecule is CNc1ccnc(C(=O)Nc2ccc(OC)nc2)c1. The molecule has 0 spiro atoms. The van der Waals surface area contributed by atoms with Crippen LogP contribution in [0, 0.1) is 0 Å². The molecule has 0 saturated carbocycles. The Morgan fingerprint density at radius 1 is 1.21 bits per heavy atom. The Balaban J connectivity index is 2.11. The number of ether oxygens (including phenoxy) is 1. The maximum absolute atomic E-state index is 12.0. The standard InChI is InChI=1S/C13H14N4O2/c1-14-9-5-6-15-11(7-9)13(18)17-10-3-4-12(19-2)16-8-10/h3-8H,1-2H3,(H,14,15)(H,17,18). The van der Waals surface area contributed by atoms with E-state index in [4.69, 9.17) is 4.74 Å². The predicted octanol–water partition coefficient (Wildman–Crippen LogP) is 1.78. The Morgan fingerprint density at radius 3 is 2.68 bits per heavy atom. The van der Waals surface area contributed by atoms with Crippen molar-refractivity contribution in [3.63, 3.8) is 0 Å². The van der Waals surface area contributed by atoms with Crippen LogP contribution in [0.1, 0.15) is 10.5 Å². The molecule has 0 aliphatic heterocycles. The molecule has 0 saturated heterocycles. The van der Waals surface area contributed by atoms with Crippen LogP contribution in [-0.4, -0.2) is 30.0 Å². The van der Waals surface area contributed by atoms with Gasteiger partial charge in [-0.25, -0.2) is 4.98 Å². The summed E-state index contributed by atoms with van der Waals surface area (Å²) in [7, 11) is 3.32. The number of aromatic nitrogens is 2. The molecule has 0 fully saturated rings. The number of nitrogens with zero attached hydrogens (tertiary/aromatic N) is 2. The molecule has 0 aromatic carbocycles. The molecule has 2 aromatic rings. The van der Waals surface area contributed by atoms with Gasteiger partial charge in [0.15, 0.2) is 0 Å². The largest absolute Gasteiger partial charge is 0.481 e. The van der Waals surface area contributed by atoms with Gasteiger partial charge in [0, 0.05) is 25.0 Å². The first-order chi connectivity index (χ1) is 9.22. The number of carbonyl (C=O) groups is 1. The zero-order chi connectivity index (χ0) is 13.7. The maximum atomic E-state index is 12.0. The number of amides is 1. The van der Waals surface area contributed by atoms with Crippen molar-refractivity contribution in [1.29, 1.82) is 0 Å². The van der Waals surface area contributed by atoms with Crippen LogP contribution in [0.4, 0.5) is 11.4 Å². The monoisotopic (exact) mass is 258 g/mol. The first kappa shape index (κ1) is 12.8. The van der Waals surface area contributed by atoms with Crippen molar-refractivity contribution in [2.45, 2.75) is 0 Å². The number of hydrogen-bond acceptors (Lipinski definition) is 5. The van der Waals surface area contributed by atoms with E-state index in [2.05, 4.69) is 20.6 Å². The number of pyridine rings is 2. The molecule has 0 unspecified atom stereocenters. The van der Waals surface area contributed by atoms with Crippen molar-refractivity contribution < 1.29 is 9.53 Å². The smallest absolute Gasteiger partial charge is 0.274 e. The van der Waals surface area contributed by atoms with Gasteiger partial charge in [0.25, 0.3) is 5.91 Å². The molecule has 0 aliphatic carbocycles. The minimum absolute atomic E-state index is 0.288. The quantitative estimate of drug-likeness (QED) is 0.874. The van der Waals surface area contributed by atoms with Gasteiger partial charge >= 0.3 is 0 Å². The second-order valence-corrected chi connectivity index (χ2v) is 3.72. The summed E-state index contributed by atoms with van der Waals surface area (Å²) < 4.78 is 4.94. The van der Waals surface area contributed by atoms with Gasteiger partial charge in [-0.05, 0) is 18.2 Å². The van der Waals surface area contributed by atoms with E-state index in [1.807, 2.05) is 0 Å². The van der Waals surface area contributed by atoms with E-state index in [1.54, 1.807) is 37.5 Å². The van der Waals surface area contributed by atoms with Gasteiger partial charge in [-0.3, -0.25) is 9.78 Å². The van der Waals surface area contributed by atoms with Gasteiger partial charge in [0.1, 0.15) is 5.69 Å². The fourth-order valence-corrected chi connectivity index (χ4v) is 1.48. The lowest BCUT2D eigenvalue weighted by molar-refractivity contribution is 0.102. The average molecular weight is 258 g/mol. The lowest BCUT2D eigenvalue weighted by Crippen LogP contribution is -2.14. The van der Waals surface area contributed by atoms with Gasteiger partial charge in [0.05, 0.1) is 19.0 Å². The van der Waals surface area contributed by atoms with Gasteiger partial charge in [0.2, 0.25) is 5.88 Å². The molecule has 0 radical (unpaired) electrons. The zero-order valence-corrected chi connectivity index (χ0v) is 10.7. The van der Waals surface area contributed by atoms with E-state index in [0.717, 1.165) is 5.69 Å². The molecule has 2 heterocycles. The Bertz CT molecular complexity index is 569. The summed E-state index contributed by atoms with van der Waals surface area (Å²) in [6.45, 7) is 0. The van der Waals surface area contributed by atoms with Crippen LogP contribution in [0.5, 0.6) is 5.88 Å². The van der Waals surface area contributed by atoms with Crippen LogP contribution < -0.4 is 15.4 Å². The highest BCUT2D eigenvalue weighted by molar-refractivity contribution is 6.03. The van der Waals surface area contributed by atoms with Crippen LogP contribution in [0.25, 0.3) is 0 Å². The van der Waals surface area contributed by atoms with Crippen molar-refractivity contribution in [3.8, 4) is 5.88 Å². The topological polar surface area (TPSA) is 76.1 Å². The van der Waals surface area contributed by atoms with Crippen LogP contribution >= 0.6 is 0 Å². The molecular formula is C13H14N4O2. The van der Waals surface area contributed by atoms with Crippen LogP contribution in [-0.2, 0) is 0 Å². The highest BCUT2D eigenvalue weighted by atomic mass is 16.5. The number of hydrogen-bond donors (Lipinski definition) is 2. The van der Waals surface area contributed by atoms with Gasteiger partial charge < -0.3 is 15.4 Å². The highest BCUT2D eigenvalue weighted by Gasteiger charge is 2.08. The zero-order valence-electron chi connectivity index (χ0n) is 10.7. The summed E-state index contributed by atoms with van der Waals surface area (Å²) in [5.74, 6) is 0.206. The summed E-state index contributed by atoms with van der Waals surface area (Å²) >= 11 is 0. The Morgan fingerprint density at radius 2 is 2.05 bits per heavy atom. The normalized spacial score (nSPS) is 9.79. The first-order valence-corrected chi connectivity index (χ1v) is 5.68. The molecule has 98 valence electrons. The van der Waals surface area contributed by atoms with E-state index >= 15 is 0 Å².